The Kier molecular flexibility index (Phi) is 7.52. The van der Waals surface area contributed by atoms with Gasteiger partial charge in [-0.25, -0.2) is 0 Å². The van der Waals surface area contributed by atoms with E-state index < -0.39 is 0 Å². The smallest absolute Gasteiger partial charge is 0.00742 e. The van der Waals surface area contributed by atoms with Crippen LogP contribution in [0, 0.1) is 6.42 Å². The molecule has 0 bridgehead atoms. The fraction of sp³-hybridized carbons (Fsp3) is 0.667. The lowest BCUT2D eigenvalue weighted by Gasteiger charge is -2.02. The van der Waals surface area contributed by atoms with Crippen molar-refractivity contribution in [2.75, 3.05) is 13.1 Å². The van der Waals surface area contributed by atoms with Crippen molar-refractivity contribution >= 4 is 0 Å². The van der Waals surface area contributed by atoms with Crippen LogP contribution >= 0.6 is 0 Å². The first-order chi connectivity index (χ1) is 5.31. The maximum Gasteiger partial charge on any atom is -0.00742 e. The largest absolute Gasteiger partial charge is 0.330 e. The van der Waals surface area contributed by atoms with Gasteiger partial charge < -0.3 is 11.5 Å². The van der Waals surface area contributed by atoms with Gasteiger partial charge in [0.25, 0.3) is 0 Å². The highest BCUT2D eigenvalue weighted by molar-refractivity contribution is 5.07. The summed E-state index contributed by atoms with van der Waals surface area (Å²) in [5, 5.41) is 0. The van der Waals surface area contributed by atoms with Crippen LogP contribution in [0.15, 0.2) is 12.2 Å². The van der Waals surface area contributed by atoms with E-state index in [2.05, 4.69) is 13.0 Å². The average molecular weight is 155 g/mol. The minimum atomic E-state index is 0.754. The highest BCUT2D eigenvalue weighted by Crippen LogP contribution is 2.08. The molecular weight excluding hydrogens is 136 g/mol. The molecule has 0 aliphatic carbocycles. The Morgan fingerprint density at radius 3 is 2.36 bits per heavy atom. The molecule has 11 heavy (non-hydrogen) atoms. The lowest BCUT2D eigenvalue weighted by atomic mass is 10.1. The monoisotopic (exact) mass is 155 g/mol. The van der Waals surface area contributed by atoms with Crippen LogP contribution in [0.3, 0.4) is 0 Å². The first kappa shape index (κ1) is 10.7. The van der Waals surface area contributed by atoms with Gasteiger partial charge in [0.1, 0.15) is 0 Å². The molecular formula is C9H19N2. The van der Waals surface area contributed by atoms with Gasteiger partial charge in [-0.05, 0) is 45.2 Å². The molecule has 0 amide bonds. The SMILES string of the molecule is C=C([CH]CCCN)CCCN. The molecule has 0 saturated carbocycles. The van der Waals surface area contributed by atoms with Crippen molar-refractivity contribution in [3.8, 4) is 0 Å². The van der Waals surface area contributed by atoms with Crippen molar-refractivity contribution in [2.45, 2.75) is 25.7 Å². The van der Waals surface area contributed by atoms with Gasteiger partial charge in [0.2, 0.25) is 0 Å². The van der Waals surface area contributed by atoms with E-state index in [-0.39, 0.29) is 0 Å². The topological polar surface area (TPSA) is 52.0 Å². The lowest BCUT2D eigenvalue weighted by Crippen LogP contribution is -2.00. The zero-order valence-corrected chi connectivity index (χ0v) is 7.18. The van der Waals surface area contributed by atoms with Crippen molar-refractivity contribution in [3.05, 3.63) is 18.6 Å². The zero-order valence-electron chi connectivity index (χ0n) is 7.18. The third-order valence-electron chi connectivity index (χ3n) is 1.54. The van der Waals surface area contributed by atoms with Gasteiger partial charge in [0, 0.05) is 0 Å². The summed E-state index contributed by atoms with van der Waals surface area (Å²) in [6.45, 7) is 5.43. The normalized spacial score (nSPS) is 10.0. The molecule has 0 saturated heterocycles. The van der Waals surface area contributed by atoms with E-state index in [0.717, 1.165) is 38.8 Å². The number of nitrogens with two attached hydrogens (primary N) is 2. The Morgan fingerprint density at radius 1 is 1.18 bits per heavy atom. The number of allylic oxidation sites excluding steroid dienone is 1. The number of hydrogen-bond donors (Lipinski definition) is 2. The molecule has 0 heterocycles. The van der Waals surface area contributed by atoms with Crippen molar-refractivity contribution in [3.63, 3.8) is 0 Å². The zero-order chi connectivity index (χ0) is 8.53. The second-order valence-corrected chi connectivity index (χ2v) is 2.69. The van der Waals surface area contributed by atoms with Crippen LogP contribution in [0.1, 0.15) is 25.7 Å². The summed E-state index contributed by atoms with van der Waals surface area (Å²) in [5.41, 5.74) is 11.9. The maximum atomic E-state index is 5.36. The van der Waals surface area contributed by atoms with Gasteiger partial charge >= 0.3 is 0 Å². The third-order valence-corrected chi connectivity index (χ3v) is 1.54. The van der Waals surface area contributed by atoms with Gasteiger partial charge in [-0.3, -0.25) is 0 Å². The molecule has 1 radical (unpaired) electrons. The first-order valence-electron chi connectivity index (χ1n) is 4.22. The van der Waals surface area contributed by atoms with Crippen LogP contribution in [0.5, 0.6) is 0 Å². The Labute approximate surface area is 69.6 Å². The fourth-order valence-electron chi connectivity index (χ4n) is 0.855. The Morgan fingerprint density at radius 2 is 1.82 bits per heavy atom. The number of rotatable bonds is 7. The molecule has 4 N–H and O–H groups in total. The summed E-state index contributed by atoms with van der Waals surface area (Å²) in [4.78, 5) is 0. The molecule has 0 aromatic heterocycles. The highest BCUT2D eigenvalue weighted by Gasteiger charge is 1.93. The van der Waals surface area contributed by atoms with Crippen LogP contribution in [-0.4, -0.2) is 13.1 Å². The van der Waals surface area contributed by atoms with Gasteiger partial charge in [0.15, 0.2) is 0 Å². The predicted molar refractivity (Wildman–Crippen MR) is 50.0 cm³/mol. The molecule has 65 valence electrons. The number of hydrogen-bond acceptors (Lipinski definition) is 2. The predicted octanol–water partition coefficient (Wildman–Crippen LogP) is 1.22. The van der Waals surface area contributed by atoms with E-state index >= 15 is 0 Å². The molecule has 2 heteroatoms. The van der Waals surface area contributed by atoms with Crippen molar-refractivity contribution in [1.29, 1.82) is 0 Å². The van der Waals surface area contributed by atoms with E-state index in [0.29, 0.717) is 0 Å². The molecule has 0 aromatic carbocycles. The molecule has 0 spiro atoms. The van der Waals surface area contributed by atoms with Crippen LogP contribution in [0.2, 0.25) is 0 Å². The standard InChI is InChI=1S/C9H19N2/c1-9(6-4-8-11)5-2-3-7-10/h5H,1-4,6-8,10-11H2. The Bertz CT molecular complexity index is 99.7. The van der Waals surface area contributed by atoms with Crippen LogP contribution < -0.4 is 11.5 Å². The molecule has 0 aliphatic heterocycles. The average Bonchev–Trinajstić information content (AvgIpc) is 2.01. The van der Waals surface area contributed by atoms with Crippen LogP contribution in [0.4, 0.5) is 0 Å². The molecule has 0 aliphatic rings. The first-order valence-corrected chi connectivity index (χ1v) is 4.22. The van der Waals surface area contributed by atoms with Gasteiger partial charge in [-0.1, -0.05) is 12.2 Å². The van der Waals surface area contributed by atoms with E-state index in [1.807, 2.05) is 0 Å². The Hall–Kier alpha value is -0.340. The van der Waals surface area contributed by atoms with Gasteiger partial charge in [0.05, 0.1) is 0 Å². The molecule has 0 aromatic rings. The molecule has 0 unspecified atom stereocenters. The van der Waals surface area contributed by atoms with Crippen LogP contribution in [-0.2, 0) is 0 Å². The Balaban J connectivity index is 3.09. The summed E-state index contributed by atoms with van der Waals surface area (Å²) < 4.78 is 0. The molecule has 0 rings (SSSR count). The second kappa shape index (κ2) is 7.76. The van der Waals surface area contributed by atoms with E-state index in [9.17, 15) is 0 Å². The number of unbranched alkanes of at least 4 members (excludes halogenated alkanes) is 1. The van der Waals surface area contributed by atoms with Crippen LogP contribution in [0.25, 0.3) is 0 Å². The summed E-state index contributed by atoms with van der Waals surface area (Å²) >= 11 is 0. The summed E-state index contributed by atoms with van der Waals surface area (Å²) in [6, 6.07) is 0. The molecule has 0 atom stereocenters. The van der Waals surface area contributed by atoms with Crippen molar-refractivity contribution in [2.24, 2.45) is 11.5 Å². The summed E-state index contributed by atoms with van der Waals surface area (Å²) in [7, 11) is 0. The summed E-state index contributed by atoms with van der Waals surface area (Å²) in [6.07, 6.45) is 6.34. The van der Waals surface area contributed by atoms with Crippen molar-refractivity contribution in [1.82, 2.24) is 0 Å². The molecule has 0 fully saturated rings. The van der Waals surface area contributed by atoms with E-state index in [1.54, 1.807) is 0 Å². The van der Waals surface area contributed by atoms with E-state index in [4.69, 9.17) is 11.5 Å². The summed E-state index contributed by atoms with van der Waals surface area (Å²) in [5.74, 6) is 0. The van der Waals surface area contributed by atoms with Crippen molar-refractivity contribution < 1.29 is 0 Å². The minimum absolute atomic E-state index is 0.754. The fourth-order valence-corrected chi connectivity index (χ4v) is 0.855. The molecule has 2 nitrogen and oxygen atoms in total. The highest BCUT2D eigenvalue weighted by atomic mass is 14.5. The second-order valence-electron chi connectivity index (χ2n) is 2.69. The lowest BCUT2D eigenvalue weighted by molar-refractivity contribution is 0.783. The van der Waals surface area contributed by atoms with Gasteiger partial charge in [-0.15, -0.1) is 0 Å². The van der Waals surface area contributed by atoms with Gasteiger partial charge in [-0.2, -0.15) is 0 Å². The quantitative estimate of drug-likeness (QED) is 0.543. The third kappa shape index (κ3) is 7.56. The minimum Gasteiger partial charge on any atom is -0.330 e. The maximum absolute atomic E-state index is 5.36. The van der Waals surface area contributed by atoms with E-state index in [1.165, 1.54) is 5.57 Å².